The van der Waals surface area contributed by atoms with Crippen LogP contribution in [0.5, 0.6) is 0 Å². The fraction of sp³-hybridized carbons (Fsp3) is 0.463. The SMILES string of the molecule is CC(/C=C(/C)[N-]c1c(C)cccc1C)=[NH+]c1c(C)cccc1C.CC(/C=C(/C)[N-]c1c(C)cccc1C)=[NH+]c1c(C)cccc1C.CC(=[NH+]c1c(C)cccc1C)C([BH2-]OC(C)(C)C(C)(C)[O-])C(C)=[NH+]c1c(C)cccc1C.CC(=[NH+]c1c(C)cccc1C)C([BH2-]OC(C)(C)C(C)(C)[O-])C(C)=[NH+]c1c(C)cccc1C.CC1(C)OB([O-])OC1(C)C.CC1(C)OB([O-])OC1(C)C.[Mg+2].[Mg+2].[Mg+2].[Mg+2]. The van der Waals surface area contributed by atoms with Crippen LogP contribution in [0.15, 0.2) is 169 Å². The van der Waals surface area contributed by atoms with Crippen LogP contribution in [0.25, 0.3) is 10.6 Å². The average Bonchev–Trinajstić information content (AvgIpc) is 1.65. The van der Waals surface area contributed by atoms with Crippen molar-refractivity contribution < 1.29 is 78.1 Å². The Hall–Kier alpha value is -6.22. The van der Waals surface area contributed by atoms with E-state index in [0.717, 1.165) is 79.8 Å². The van der Waals surface area contributed by atoms with Gasteiger partial charge in [-0.05, 0) is 206 Å². The summed E-state index contributed by atoms with van der Waals surface area (Å²) in [6.45, 7) is 79.9. The van der Waals surface area contributed by atoms with E-state index in [-0.39, 0.29) is 104 Å². The molecule has 10 rings (SSSR count). The van der Waals surface area contributed by atoms with Gasteiger partial charge in [-0.1, -0.05) is 221 Å². The molecule has 0 unspecified atom stereocenters. The van der Waals surface area contributed by atoms with Crippen LogP contribution in [0.4, 0.5) is 45.5 Å². The normalized spacial score (nSPS) is 15.6. The molecule has 8 aromatic carbocycles. The number of nitrogens with zero attached hydrogens (tertiary/aromatic N) is 2. The Balaban J connectivity index is 0.000000831. The number of nitrogens with one attached hydrogen (secondary N) is 6. The molecule has 2 aliphatic heterocycles. The van der Waals surface area contributed by atoms with E-state index < -0.39 is 74.4 Å². The zero-order chi connectivity index (χ0) is 98.5. The first-order valence-corrected chi connectivity index (χ1v) is 46.2. The molecule has 704 valence electrons. The molecule has 0 bridgehead atoms. The summed E-state index contributed by atoms with van der Waals surface area (Å²) in [4.78, 5) is 21.7. The Morgan fingerprint density at radius 2 is 0.463 bits per heavy atom. The molecule has 2 fully saturated rings. The van der Waals surface area contributed by atoms with Gasteiger partial charge in [0.1, 0.15) is 37.8 Å². The van der Waals surface area contributed by atoms with E-state index in [1.54, 1.807) is 27.7 Å². The molecule has 18 nitrogen and oxygen atoms in total. The summed E-state index contributed by atoms with van der Waals surface area (Å²) in [7, 11) is -4.59. The Labute approximate surface area is 874 Å². The number of hydrogen-bond acceptors (Lipinski definition) is 10. The van der Waals surface area contributed by atoms with Crippen molar-refractivity contribution in [2.24, 2.45) is 0 Å². The molecule has 0 atom stereocenters. The quantitative estimate of drug-likeness (QED) is 0.0246. The molecule has 8 aromatic rings. The van der Waals surface area contributed by atoms with Crippen molar-refractivity contribution >= 4 is 202 Å². The van der Waals surface area contributed by atoms with Gasteiger partial charge in [0, 0.05) is 131 Å². The van der Waals surface area contributed by atoms with Gasteiger partial charge >= 0.3 is 107 Å². The van der Waals surface area contributed by atoms with E-state index in [9.17, 15) is 20.3 Å². The second kappa shape index (κ2) is 54.5. The van der Waals surface area contributed by atoms with E-state index >= 15 is 0 Å². The second-order valence-corrected chi connectivity index (χ2v) is 40.2. The van der Waals surface area contributed by atoms with Crippen LogP contribution in [0.2, 0.25) is 11.6 Å². The molecule has 0 spiro atoms. The molecule has 0 aliphatic carbocycles. The Bertz CT molecular complexity index is 4810. The summed E-state index contributed by atoms with van der Waals surface area (Å²) in [5.74, 6) is 0.185. The van der Waals surface area contributed by atoms with Crippen LogP contribution in [-0.2, 0) is 27.9 Å². The molecule has 0 aromatic heterocycles. The van der Waals surface area contributed by atoms with Crippen molar-refractivity contribution in [1.82, 2.24) is 0 Å². The van der Waals surface area contributed by atoms with E-state index in [1.165, 1.54) is 100 Å². The van der Waals surface area contributed by atoms with E-state index in [2.05, 4.69) is 340 Å². The Morgan fingerprint density at radius 1 is 0.306 bits per heavy atom. The van der Waals surface area contributed by atoms with Crippen LogP contribution in [0.1, 0.15) is 255 Å². The number of benzene rings is 8. The molecule has 6 N–H and O–H groups in total. The molecule has 26 heteroatoms. The molecule has 0 amide bonds. The van der Waals surface area contributed by atoms with Crippen LogP contribution < -0.4 is 50.2 Å². The third kappa shape index (κ3) is 37.1. The van der Waals surface area contributed by atoms with Crippen molar-refractivity contribution in [3.05, 3.63) is 269 Å². The number of rotatable bonds is 24. The van der Waals surface area contributed by atoms with Crippen LogP contribution in [0, 0.1) is 111 Å². The average molecular weight is 1870 g/mol. The molecule has 2 heterocycles. The van der Waals surface area contributed by atoms with Gasteiger partial charge in [-0.15, -0.1) is 11.4 Å². The standard InChI is InChI=1S/2C27H39BN2O2.2C21H25N2.2C6H12BO3.4Mg/c2*1-17-13-11-14-18(2)24(17)29-21(5)23(28-32-27(9,10)26(7,8)31)22(6)30-25-19(3)15-12-16-20(25)4;2*1-14-9-7-10-15(2)20(14)22-18(5)13-19(6)23-21-16(3)11-8-12-17(21)4;2*1-5(2)6(3,4)10-7(8)9-5;;;;/h2*11-16,23H,28H2,1-10H3;2*7-13H,1-6H3;2*1-4H3;;;;/q2*-2;4*-1;4*+2/p+6/b;;2*18-13-,23-19?;;;;;;. The first kappa shape index (κ1) is 126. The van der Waals surface area contributed by atoms with E-state index in [0.29, 0.717) is 0 Å². The fourth-order valence-corrected chi connectivity index (χ4v) is 15.0. The third-order valence-corrected chi connectivity index (χ3v) is 26.8. The molecule has 134 heavy (non-hydrogen) atoms. The third-order valence-electron chi connectivity index (χ3n) is 26.8. The molecule has 0 radical (unpaired) electrons. The van der Waals surface area contributed by atoms with Crippen molar-refractivity contribution in [1.29, 1.82) is 0 Å². The summed E-state index contributed by atoms with van der Waals surface area (Å²) < 4.78 is 32.7. The minimum Gasteiger partial charge on any atom is -0.848 e. The number of allylic oxidation sites excluding steroid dienone is 4. The first-order chi connectivity index (χ1) is 59.9. The molecule has 0 saturated carbocycles. The molecular formula is C108H158B4Mg4N8O10+6. The van der Waals surface area contributed by atoms with Crippen molar-refractivity contribution in [2.45, 2.75) is 333 Å². The monoisotopic (exact) mass is 1870 g/mol. The zero-order valence-electron chi connectivity index (χ0n) is 90.1. The number of hydrogen-bond donors (Lipinski definition) is 6. The van der Waals surface area contributed by atoms with Crippen LogP contribution in [0.3, 0.4) is 0 Å². The largest absolute Gasteiger partial charge is 2.00 e. The van der Waals surface area contributed by atoms with Gasteiger partial charge < -0.3 is 58.8 Å². The van der Waals surface area contributed by atoms with Gasteiger partial charge in [-0.25, -0.2) is 30.0 Å². The topological polar surface area (TPSA) is 260 Å². The predicted molar refractivity (Wildman–Crippen MR) is 567 cm³/mol. The van der Waals surface area contributed by atoms with Crippen LogP contribution in [-0.4, -0.2) is 201 Å². The molecular weight excluding hydrogens is 1710 g/mol. The number of aryl methyl sites for hydroxylation is 16. The van der Waals surface area contributed by atoms with Crippen molar-refractivity contribution in [2.75, 3.05) is 0 Å². The smallest absolute Gasteiger partial charge is 0.848 e. The summed E-state index contributed by atoms with van der Waals surface area (Å²) in [5, 5.41) is 56.4. The van der Waals surface area contributed by atoms with Gasteiger partial charge in [-0.3, -0.25) is 0 Å². The first-order valence-electron chi connectivity index (χ1n) is 46.2. The van der Waals surface area contributed by atoms with Crippen molar-refractivity contribution in [3.8, 4) is 0 Å². The maximum absolute atomic E-state index is 12.7. The molecule has 2 aliphatic rings. The van der Waals surface area contributed by atoms with E-state index in [1.807, 2.05) is 96.9 Å². The summed E-state index contributed by atoms with van der Waals surface area (Å²) in [6, 6.07) is 50.5. The summed E-state index contributed by atoms with van der Waals surface area (Å²) in [5.41, 5.74) is 31.6. The minimum atomic E-state index is -1.31. The predicted octanol–water partition coefficient (Wildman–Crippen LogP) is 11.3. The minimum absolute atomic E-state index is 0. The summed E-state index contributed by atoms with van der Waals surface area (Å²) in [6.07, 6.45) is 4.19. The van der Waals surface area contributed by atoms with Crippen molar-refractivity contribution in [3.63, 3.8) is 0 Å². The van der Waals surface area contributed by atoms with Crippen LogP contribution >= 0.6 is 0 Å². The maximum atomic E-state index is 12.7. The maximum Gasteiger partial charge on any atom is 2.00 e. The number of para-hydroxylation sites is 8. The van der Waals surface area contributed by atoms with Gasteiger partial charge in [0.05, 0.1) is 22.4 Å². The zero-order valence-corrected chi connectivity index (χ0v) is 95.8. The Morgan fingerprint density at radius 3 is 0.612 bits per heavy atom. The van der Waals surface area contributed by atoms with Gasteiger partial charge in [-0.2, -0.15) is 11.4 Å². The van der Waals surface area contributed by atoms with Gasteiger partial charge in [0.2, 0.25) is 34.1 Å². The van der Waals surface area contributed by atoms with Gasteiger partial charge in [0.25, 0.3) is 0 Å². The molecule has 2 saturated heterocycles. The summed E-state index contributed by atoms with van der Waals surface area (Å²) >= 11 is 0. The second-order valence-electron chi connectivity index (χ2n) is 40.2. The van der Waals surface area contributed by atoms with E-state index in [4.69, 9.17) is 38.6 Å². The Kier molecular flexibility index (Phi) is 51.2. The van der Waals surface area contributed by atoms with Gasteiger partial charge in [0.15, 0.2) is 11.4 Å². The fourth-order valence-electron chi connectivity index (χ4n) is 15.0.